The van der Waals surface area contributed by atoms with Crippen molar-refractivity contribution in [3.05, 3.63) is 0 Å². The van der Waals surface area contributed by atoms with Crippen LogP contribution < -0.4 is 0 Å². The first-order valence-electron chi connectivity index (χ1n) is 6.18. The molecule has 16 heavy (non-hydrogen) atoms. The van der Waals surface area contributed by atoms with E-state index in [-0.39, 0.29) is 11.9 Å². The zero-order chi connectivity index (χ0) is 11.4. The van der Waals surface area contributed by atoms with Gasteiger partial charge in [-0.25, -0.2) is 0 Å². The lowest BCUT2D eigenvalue weighted by molar-refractivity contribution is -0.138. The molecular weight excluding hydrogens is 206 g/mol. The smallest absolute Gasteiger partial charge is 0.162 e. The van der Waals surface area contributed by atoms with Crippen molar-refractivity contribution in [2.45, 2.75) is 37.8 Å². The van der Waals surface area contributed by atoms with Gasteiger partial charge in [-0.05, 0) is 25.8 Å². The molecule has 0 aromatic heterocycles. The van der Waals surface area contributed by atoms with Crippen LogP contribution in [-0.2, 0) is 14.3 Å². The molecule has 2 aliphatic heterocycles. The second-order valence-corrected chi connectivity index (χ2v) is 4.68. The molecule has 0 aromatic rings. The molecule has 2 aliphatic rings. The summed E-state index contributed by atoms with van der Waals surface area (Å²) in [6.07, 6.45) is 3.67. The van der Waals surface area contributed by atoms with Gasteiger partial charge < -0.3 is 9.47 Å². The van der Waals surface area contributed by atoms with Crippen molar-refractivity contribution >= 4 is 5.78 Å². The Hall–Kier alpha value is -0.450. The van der Waals surface area contributed by atoms with Crippen LogP contribution in [0.25, 0.3) is 0 Å². The van der Waals surface area contributed by atoms with Crippen molar-refractivity contribution in [3.63, 3.8) is 0 Å². The normalized spacial score (nSPS) is 30.3. The van der Waals surface area contributed by atoms with Crippen LogP contribution in [0.4, 0.5) is 0 Å². The van der Waals surface area contributed by atoms with Gasteiger partial charge in [0.25, 0.3) is 0 Å². The molecule has 0 N–H and O–H groups in total. The molecule has 0 amide bonds. The number of methoxy groups -OCH3 is 1. The maximum Gasteiger partial charge on any atom is 0.162 e. The fourth-order valence-corrected chi connectivity index (χ4v) is 2.56. The van der Waals surface area contributed by atoms with E-state index >= 15 is 0 Å². The van der Waals surface area contributed by atoms with Crippen molar-refractivity contribution in [3.8, 4) is 0 Å². The van der Waals surface area contributed by atoms with Gasteiger partial charge in [-0.2, -0.15) is 0 Å². The zero-order valence-corrected chi connectivity index (χ0v) is 9.98. The van der Waals surface area contributed by atoms with Gasteiger partial charge in [0, 0.05) is 32.7 Å². The highest BCUT2D eigenvalue weighted by Crippen LogP contribution is 2.23. The molecule has 0 aliphatic carbocycles. The summed E-state index contributed by atoms with van der Waals surface area (Å²) in [6, 6.07) is 0.572. The first-order valence-corrected chi connectivity index (χ1v) is 6.18. The quantitative estimate of drug-likeness (QED) is 0.653. The molecule has 2 atom stereocenters. The Morgan fingerprint density at radius 2 is 2.44 bits per heavy atom. The topological polar surface area (TPSA) is 38.8 Å². The third-order valence-electron chi connectivity index (χ3n) is 3.52. The molecule has 0 aromatic carbocycles. The molecule has 0 bridgehead atoms. The van der Waals surface area contributed by atoms with Crippen molar-refractivity contribution in [1.82, 2.24) is 4.90 Å². The van der Waals surface area contributed by atoms with E-state index < -0.39 is 0 Å². The van der Waals surface area contributed by atoms with Gasteiger partial charge in [-0.15, -0.1) is 0 Å². The predicted octanol–water partition coefficient (Wildman–Crippen LogP) is 0.845. The van der Waals surface area contributed by atoms with Gasteiger partial charge in [-0.1, -0.05) is 0 Å². The minimum absolute atomic E-state index is 0.189. The highest BCUT2D eigenvalue weighted by atomic mass is 16.5. The molecule has 2 heterocycles. The van der Waals surface area contributed by atoms with E-state index in [4.69, 9.17) is 9.47 Å². The number of nitrogens with zero attached hydrogens (tertiary/aromatic N) is 1. The lowest BCUT2D eigenvalue weighted by Crippen LogP contribution is -2.49. The summed E-state index contributed by atoms with van der Waals surface area (Å²) in [4.78, 5) is 14.3. The minimum atomic E-state index is -0.189. The van der Waals surface area contributed by atoms with Crippen molar-refractivity contribution < 1.29 is 14.3 Å². The Balaban J connectivity index is 1.75. The zero-order valence-electron chi connectivity index (χ0n) is 9.98. The van der Waals surface area contributed by atoms with Crippen LogP contribution >= 0.6 is 0 Å². The lowest BCUT2D eigenvalue weighted by Gasteiger charge is -2.34. The molecule has 2 fully saturated rings. The Labute approximate surface area is 96.9 Å². The van der Waals surface area contributed by atoms with Gasteiger partial charge in [0.2, 0.25) is 0 Å². The maximum absolute atomic E-state index is 11.9. The van der Waals surface area contributed by atoms with Crippen LogP contribution in [0.1, 0.15) is 25.7 Å². The minimum Gasteiger partial charge on any atom is -0.385 e. The number of Topliss-reactive ketones (excluding diaryl/α,β-unsaturated/α-hetero) is 1. The molecule has 4 nitrogen and oxygen atoms in total. The van der Waals surface area contributed by atoms with Crippen LogP contribution in [0.15, 0.2) is 0 Å². The number of morpholine rings is 1. The number of hydrogen-bond acceptors (Lipinski definition) is 4. The number of carbonyl (C=O) groups is 1. The fraction of sp³-hybridized carbons (Fsp3) is 0.917. The largest absolute Gasteiger partial charge is 0.385 e. The number of fused-ring (bicyclic) bond motifs is 1. The molecule has 92 valence electrons. The van der Waals surface area contributed by atoms with E-state index in [1.165, 1.54) is 12.8 Å². The number of rotatable bonds is 5. The van der Waals surface area contributed by atoms with Crippen molar-refractivity contribution in [2.75, 3.05) is 33.4 Å². The van der Waals surface area contributed by atoms with Gasteiger partial charge in [0.15, 0.2) is 5.78 Å². The highest BCUT2D eigenvalue weighted by Gasteiger charge is 2.34. The summed E-state index contributed by atoms with van der Waals surface area (Å²) in [6.45, 7) is 3.33. The first kappa shape index (κ1) is 12.0. The predicted molar refractivity (Wildman–Crippen MR) is 60.5 cm³/mol. The summed E-state index contributed by atoms with van der Waals surface area (Å²) in [5.74, 6) is 0.238. The van der Waals surface area contributed by atoms with E-state index in [2.05, 4.69) is 4.90 Å². The van der Waals surface area contributed by atoms with Gasteiger partial charge in [0.1, 0.15) is 6.10 Å². The highest BCUT2D eigenvalue weighted by molar-refractivity contribution is 5.83. The van der Waals surface area contributed by atoms with E-state index in [9.17, 15) is 4.79 Å². The summed E-state index contributed by atoms with van der Waals surface area (Å²) >= 11 is 0. The Kier molecular flexibility index (Phi) is 4.32. The number of carbonyl (C=O) groups excluding carboxylic acids is 1. The standard InChI is InChI=1S/C12H21NO3/c1-15-7-3-5-11(14)12-8-13-6-2-4-10(13)9-16-12/h10,12H,2-9H2,1H3. The van der Waals surface area contributed by atoms with Crippen LogP contribution in [0.2, 0.25) is 0 Å². The molecular formula is C12H21NO3. The van der Waals surface area contributed by atoms with Crippen molar-refractivity contribution in [1.29, 1.82) is 0 Å². The average Bonchev–Trinajstić information content (AvgIpc) is 2.76. The molecule has 4 heteroatoms. The van der Waals surface area contributed by atoms with Crippen LogP contribution in [0, 0.1) is 0 Å². The van der Waals surface area contributed by atoms with Crippen LogP contribution in [-0.4, -0.2) is 56.2 Å². The van der Waals surface area contributed by atoms with E-state index in [0.29, 0.717) is 19.1 Å². The summed E-state index contributed by atoms with van der Waals surface area (Å²) in [7, 11) is 1.66. The second-order valence-electron chi connectivity index (χ2n) is 4.68. The number of ether oxygens (including phenoxy) is 2. The third kappa shape index (κ3) is 2.81. The average molecular weight is 227 g/mol. The van der Waals surface area contributed by atoms with Gasteiger partial charge in [-0.3, -0.25) is 9.69 Å². The summed E-state index contributed by atoms with van der Waals surface area (Å²) in [5, 5.41) is 0. The molecule has 2 saturated heterocycles. The van der Waals surface area contributed by atoms with E-state index in [1.54, 1.807) is 7.11 Å². The summed E-state index contributed by atoms with van der Waals surface area (Å²) in [5.41, 5.74) is 0. The van der Waals surface area contributed by atoms with Crippen LogP contribution in [0.3, 0.4) is 0 Å². The van der Waals surface area contributed by atoms with Gasteiger partial charge in [0.05, 0.1) is 6.61 Å². The van der Waals surface area contributed by atoms with Crippen LogP contribution in [0.5, 0.6) is 0 Å². The van der Waals surface area contributed by atoms with Crippen molar-refractivity contribution in [2.24, 2.45) is 0 Å². The Morgan fingerprint density at radius 1 is 1.56 bits per heavy atom. The summed E-state index contributed by atoms with van der Waals surface area (Å²) < 4.78 is 10.6. The molecule has 0 spiro atoms. The second kappa shape index (κ2) is 5.75. The number of ketones is 1. The third-order valence-corrected chi connectivity index (χ3v) is 3.52. The lowest BCUT2D eigenvalue weighted by atomic mass is 10.1. The molecule has 2 rings (SSSR count). The first-order chi connectivity index (χ1) is 7.81. The number of hydrogen-bond donors (Lipinski definition) is 0. The Morgan fingerprint density at radius 3 is 3.25 bits per heavy atom. The fourth-order valence-electron chi connectivity index (χ4n) is 2.56. The van der Waals surface area contributed by atoms with E-state index in [0.717, 1.165) is 26.1 Å². The SMILES string of the molecule is COCCCC(=O)C1CN2CCCC2CO1. The monoisotopic (exact) mass is 227 g/mol. The van der Waals surface area contributed by atoms with E-state index in [1.807, 2.05) is 0 Å². The maximum atomic E-state index is 11.9. The molecule has 0 saturated carbocycles. The molecule has 2 unspecified atom stereocenters. The van der Waals surface area contributed by atoms with Gasteiger partial charge >= 0.3 is 0 Å². The molecule has 0 radical (unpaired) electrons. The Bertz CT molecular complexity index is 244.